The van der Waals surface area contributed by atoms with Crippen LogP contribution < -0.4 is 5.32 Å². The van der Waals surface area contributed by atoms with Crippen molar-refractivity contribution in [2.75, 3.05) is 5.32 Å². The Hall–Kier alpha value is -3.88. The number of hydrogen-bond acceptors (Lipinski definition) is 5. The highest BCUT2D eigenvalue weighted by molar-refractivity contribution is 5.76. The van der Waals surface area contributed by atoms with E-state index in [1.165, 1.54) is 0 Å². The molecule has 4 rings (SSSR count). The van der Waals surface area contributed by atoms with Gasteiger partial charge in [0.2, 0.25) is 0 Å². The maximum atomic E-state index is 10.6. The third-order valence-electron chi connectivity index (χ3n) is 5.75. The molecule has 33 heavy (non-hydrogen) atoms. The number of nitriles is 1. The molecule has 5 heteroatoms. The SMILES string of the molecule is Cc1ncc(COCc2ccccc2)c(CNc2ccc(C3=CCC(C#N)C=C3)cc2)c1O. The first kappa shape index (κ1) is 22.3. The Morgan fingerprint density at radius 2 is 1.91 bits per heavy atom. The zero-order valence-corrected chi connectivity index (χ0v) is 18.7. The number of aromatic nitrogens is 1. The predicted molar refractivity (Wildman–Crippen MR) is 130 cm³/mol. The van der Waals surface area contributed by atoms with E-state index in [1.54, 1.807) is 13.1 Å². The van der Waals surface area contributed by atoms with Crippen LogP contribution in [0.15, 0.2) is 79.0 Å². The van der Waals surface area contributed by atoms with Crippen LogP contribution in [0.25, 0.3) is 5.57 Å². The minimum absolute atomic E-state index is 0.0305. The smallest absolute Gasteiger partial charge is 0.142 e. The molecule has 1 aromatic heterocycles. The van der Waals surface area contributed by atoms with Crippen LogP contribution in [-0.2, 0) is 24.5 Å². The number of rotatable bonds is 8. The van der Waals surface area contributed by atoms with Gasteiger partial charge in [-0.15, -0.1) is 0 Å². The van der Waals surface area contributed by atoms with E-state index >= 15 is 0 Å². The van der Waals surface area contributed by atoms with Gasteiger partial charge in [-0.1, -0.05) is 60.7 Å². The molecule has 0 bridgehead atoms. The Morgan fingerprint density at radius 3 is 2.61 bits per heavy atom. The Bertz CT molecular complexity index is 1190. The fourth-order valence-electron chi connectivity index (χ4n) is 3.76. The summed E-state index contributed by atoms with van der Waals surface area (Å²) in [5.74, 6) is 0.168. The maximum Gasteiger partial charge on any atom is 0.142 e. The highest BCUT2D eigenvalue weighted by atomic mass is 16.5. The van der Waals surface area contributed by atoms with Crippen LogP contribution in [0.1, 0.15) is 34.4 Å². The number of hydrogen-bond donors (Lipinski definition) is 2. The summed E-state index contributed by atoms with van der Waals surface area (Å²) < 4.78 is 5.88. The number of benzene rings is 2. The van der Waals surface area contributed by atoms with E-state index in [9.17, 15) is 5.11 Å². The Kier molecular flexibility index (Phi) is 7.19. The molecule has 0 saturated heterocycles. The van der Waals surface area contributed by atoms with E-state index in [0.717, 1.165) is 39.9 Å². The van der Waals surface area contributed by atoms with Crippen molar-refractivity contribution in [3.63, 3.8) is 0 Å². The maximum absolute atomic E-state index is 10.6. The normalized spacial score (nSPS) is 15.0. The molecule has 1 aliphatic rings. The third-order valence-corrected chi connectivity index (χ3v) is 5.75. The molecule has 0 radical (unpaired) electrons. The second-order valence-electron chi connectivity index (χ2n) is 8.10. The molecule has 1 atom stereocenters. The van der Waals surface area contributed by atoms with Crippen molar-refractivity contribution in [2.24, 2.45) is 5.92 Å². The van der Waals surface area contributed by atoms with Crippen LogP contribution in [0, 0.1) is 24.2 Å². The van der Waals surface area contributed by atoms with Crippen molar-refractivity contribution in [1.82, 2.24) is 4.98 Å². The molecular weight excluding hydrogens is 410 g/mol. The number of anilines is 1. The van der Waals surface area contributed by atoms with Crippen LogP contribution in [0.5, 0.6) is 5.75 Å². The number of pyridine rings is 1. The summed E-state index contributed by atoms with van der Waals surface area (Å²) in [5.41, 5.74) is 6.56. The van der Waals surface area contributed by atoms with E-state index in [2.05, 4.69) is 34.6 Å². The summed E-state index contributed by atoms with van der Waals surface area (Å²) in [7, 11) is 0. The Labute approximate surface area is 194 Å². The molecule has 1 heterocycles. The zero-order valence-electron chi connectivity index (χ0n) is 18.7. The zero-order chi connectivity index (χ0) is 23.0. The Balaban J connectivity index is 1.40. The summed E-state index contributed by atoms with van der Waals surface area (Å²) in [4.78, 5) is 4.30. The second-order valence-corrected chi connectivity index (χ2v) is 8.10. The van der Waals surface area contributed by atoms with Crippen LogP contribution >= 0.6 is 0 Å². The van der Waals surface area contributed by atoms with Crippen molar-refractivity contribution in [3.8, 4) is 11.8 Å². The molecule has 0 aliphatic heterocycles. The van der Waals surface area contributed by atoms with Crippen molar-refractivity contribution in [3.05, 3.63) is 107 Å². The van der Waals surface area contributed by atoms with Gasteiger partial charge in [0.25, 0.3) is 0 Å². The lowest BCUT2D eigenvalue weighted by Gasteiger charge is -2.15. The largest absolute Gasteiger partial charge is 0.506 e. The van der Waals surface area contributed by atoms with Crippen LogP contribution in [-0.4, -0.2) is 10.1 Å². The third kappa shape index (κ3) is 5.68. The standard InChI is InChI=1S/C28H27N3O2/c1-20-28(32)27(25(16-30-20)19-33-18-22-5-3-2-4-6-22)17-31-26-13-11-24(12-14-26)23-9-7-21(15-29)8-10-23/h2-7,9-14,16,21,31-32H,8,17-19H2,1H3. The number of allylic oxidation sites excluding steroid dienone is 4. The number of nitrogens with zero attached hydrogens (tertiary/aromatic N) is 2. The molecule has 3 aromatic rings. The highest BCUT2D eigenvalue weighted by Crippen LogP contribution is 2.27. The van der Waals surface area contributed by atoms with Crippen molar-refractivity contribution in [1.29, 1.82) is 5.26 Å². The molecule has 0 fully saturated rings. The van der Waals surface area contributed by atoms with Crippen molar-refractivity contribution >= 4 is 11.3 Å². The van der Waals surface area contributed by atoms with E-state index in [1.807, 2.05) is 54.6 Å². The Morgan fingerprint density at radius 1 is 1.12 bits per heavy atom. The topological polar surface area (TPSA) is 78.2 Å². The number of aryl methyl sites for hydroxylation is 1. The predicted octanol–water partition coefficient (Wildman–Crippen LogP) is 5.91. The van der Waals surface area contributed by atoms with Gasteiger partial charge in [-0.3, -0.25) is 4.98 Å². The number of nitrogens with one attached hydrogen (secondary N) is 1. The number of aromatic hydroxyl groups is 1. The van der Waals surface area contributed by atoms with E-state index in [0.29, 0.717) is 25.5 Å². The lowest BCUT2D eigenvalue weighted by atomic mass is 9.94. The average molecular weight is 438 g/mol. The van der Waals surface area contributed by atoms with Gasteiger partial charge in [0.15, 0.2) is 0 Å². The van der Waals surface area contributed by atoms with Gasteiger partial charge in [-0.2, -0.15) is 5.26 Å². The average Bonchev–Trinajstić information content (AvgIpc) is 2.87. The molecule has 0 amide bonds. The summed E-state index contributed by atoms with van der Waals surface area (Å²) >= 11 is 0. The molecule has 166 valence electrons. The monoisotopic (exact) mass is 437 g/mol. The van der Waals surface area contributed by atoms with E-state index in [-0.39, 0.29) is 11.7 Å². The molecule has 0 saturated carbocycles. The molecule has 5 nitrogen and oxygen atoms in total. The molecular formula is C28H27N3O2. The molecule has 2 N–H and O–H groups in total. The summed E-state index contributed by atoms with van der Waals surface area (Å²) in [6, 6.07) is 20.5. The quantitative estimate of drug-likeness (QED) is 0.458. The summed E-state index contributed by atoms with van der Waals surface area (Å²) in [6.07, 6.45) is 8.60. The minimum atomic E-state index is -0.0305. The van der Waals surface area contributed by atoms with Crippen LogP contribution in [0.3, 0.4) is 0 Å². The second kappa shape index (κ2) is 10.6. The molecule has 1 aliphatic carbocycles. The van der Waals surface area contributed by atoms with Gasteiger partial charge >= 0.3 is 0 Å². The molecule has 2 aromatic carbocycles. The number of ether oxygens (including phenoxy) is 1. The molecule has 1 unspecified atom stereocenters. The van der Waals surface area contributed by atoms with E-state index in [4.69, 9.17) is 10.00 Å². The van der Waals surface area contributed by atoms with Crippen LogP contribution in [0.4, 0.5) is 5.69 Å². The van der Waals surface area contributed by atoms with Crippen molar-refractivity contribution < 1.29 is 9.84 Å². The first-order valence-corrected chi connectivity index (χ1v) is 11.0. The van der Waals surface area contributed by atoms with Gasteiger partial charge in [-0.05, 0) is 42.2 Å². The lowest BCUT2D eigenvalue weighted by Crippen LogP contribution is -2.07. The summed E-state index contributed by atoms with van der Waals surface area (Å²) in [6.45, 7) is 3.13. The van der Waals surface area contributed by atoms with Crippen molar-refractivity contribution in [2.45, 2.75) is 33.1 Å². The van der Waals surface area contributed by atoms with Gasteiger partial charge in [0, 0.05) is 29.6 Å². The summed E-state index contributed by atoms with van der Waals surface area (Å²) in [5, 5.41) is 23.1. The van der Waals surface area contributed by atoms with Crippen LogP contribution in [0.2, 0.25) is 0 Å². The van der Waals surface area contributed by atoms with Gasteiger partial charge in [0.05, 0.1) is 30.9 Å². The first-order valence-electron chi connectivity index (χ1n) is 11.0. The fraction of sp³-hybridized carbons (Fsp3) is 0.214. The first-order chi connectivity index (χ1) is 16.1. The van der Waals surface area contributed by atoms with E-state index < -0.39 is 0 Å². The lowest BCUT2D eigenvalue weighted by molar-refractivity contribution is 0.106. The molecule has 0 spiro atoms. The van der Waals surface area contributed by atoms with Gasteiger partial charge in [-0.25, -0.2) is 0 Å². The fourth-order valence-corrected chi connectivity index (χ4v) is 3.76. The van der Waals surface area contributed by atoms with Gasteiger partial charge in [0.1, 0.15) is 5.75 Å². The van der Waals surface area contributed by atoms with Gasteiger partial charge < -0.3 is 15.2 Å². The minimum Gasteiger partial charge on any atom is -0.506 e. The highest BCUT2D eigenvalue weighted by Gasteiger charge is 2.13.